The number of ether oxygens (including phenoxy) is 1. The molecule has 1 heterocycles. The third-order valence-electron chi connectivity index (χ3n) is 3.25. The minimum Gasteiger partial charge on any atom is -0.508 e. The topological polar surface area (TPSA) is 99.4 Å². The highest BCUT2D eigenvalue weighted by atomic mass is 32.1. The largest absolute Gasteiger partial charge is 0.508 e. The fourth-order valence-corrected chi connectivity index (χ4v) is 2.98. The lowest BCUT2D eigenvalue weighted by molar-refractivity contribution is -0.112. The van der Waals surface area contributed by atoms with Gasteiger partial charge in [0.15, 0.2) is 0 Å². The molecule has 0 aliphatic rings. The van der Waals surface area contributed by atoms with E-state index < -0.39 is 11.9 Å². The predicted octanol–water partition coefficient (Wildman–Crippen LogP) is 3.48. The number of aryl methyl sites for hydroxylation is 1. The first-order valence-electron chi connectivity index (χ1n) is 7.43. The van der Waals surface area contributed by atoms with Gasteiger partial charge in [0.1, 0.15) is 22.4 Å². The molecule has 0 saturated carbocycles. The van der Waals surface area contributed by atoms with Crippen LogP contribution in [0, 0.1) is 18.3 Å². The third kappa shape index (κ3) is 4.46. The molecule has 1 aromatic carbocycles. The number of amides is 1. The van der Waals surface area contributed by atoms with Crippen LogP contribution in [-0.2, 0) is 9.53 Å². The van der Waals surface area contributed by atoms with Crippen LogP contribution in [0.5, 0.6) is 5.75 Å². The van der Waals surface area contributed by atoms with Crippen molar-refractivity contribution in [3.05, 3.63) is 51.9 Å². The van der Waals surface area contributed by atoms with Crippen molar-refractivity contribution in [3.63, 3.8) is 0 Å². The van der Waals surface area contributed by atoms with Crippen molar-refractivity contribution >= 4 is 34.3 Å². The van der Waals surface area contributed by atoms with Crippen molar-refractivity contribution in [1.82, 2.24) is 0 Å². The summed E-state index contributed by atoms with van der Waals surface area (Å²) in [5, 5.41) is 23.2. The first-order valence-corrected chi connectivity index (χ1v) is 8.31. The van der Waals surface area contributed by atoms with Gasteiger partial charge >= 0.3 is 5.97 Å². The number of anilines is 1. The van der Waals surface area contributed by atoms with E-state index in [4.69, 9.17) is 4.74 Å². The quantitative estimate of drug-likeness (QED) is 0.485. The van der Waals surface area contributed by atoms with Crippen molar-refractivity contribution in [2.24, 2.45) is 0 Å². The van der Waals surface area contributed by atoms with Crippen LogP contribution in [0.1, 0.15) is 28.4 Å². The van der Waals surface area contributed by atoms with Gasteiger partial charge in [-0.15, -0.1) is 11.3 Å². The molecular weight excluding hydrogens is 340 g/mol. The molecule has 128 valence electrons. The summed E-state index contributed by atoms with van der Waals surface area (Å²) in [4.78, 5) is 24.4. The number of aromatic hydroxyl groups is 1. The number of carbonyl (C=O) groups excluding carboxylic acids is 2. The molecule has 0 fully saturated rings. The summed E-state index contributed by atoms with van der Waals surface area (Å²) in [6.07, 6.45) is 1.40. The number of rotatable bonds is 5. The molecule has 2 aromatic rings. The molecule has 0 spiro atoms. The van der Waals surface area contributed by atoms with Crippen molar-refractivity contribution in [1.29, 1.82) is 5.26 Å². The molecular formula is C18H16N2O4S. The number of nitrogens with one attached hydrogen (secondary N) is 1. The summed E-state index contributed by atoms with van der Waals surface area (Å²) < 4.78 is 5.00. The van der Waals surface area contributed by atoms with Crippen molar-refractivity contribution in [2.75, 3.05) is 11.9 Å². The van der Waals surface area contributed by atoms with Crippen LogP contribution < -0.4 is 5.32 Å². The average Bonchev–Trinajstić information content (AvgIpc) is 2.94. The highest BCUT2D eigenvalue weighted by Crippen LogP contribution is 2.29. The molecule has 0 aliphatic carbocycles. The number of nitrogens with zero attached hydrogens (tertiary/aromatic N) is 1. The van der Waals surface area contributed by atoms with Crippen molar-refractivity contribution < 1.29 is 19.4 Å². The van der Waals surface area contributed by atoms with E-state index in [1.165, 1.54) is 29.5 Å². The second-order valence-corrected chi connectivity index (χ2v) is 5.94. The molecule has 25 heavy (non-hydrogen) atoms. The van der Waals surface area contributed by atoms with E-state index in [1.54, 1.807) is 31.4 Å². The Morgan fingerprint density at radius 3 is 2.64 bits per heavy atom. The second kappa shape index (κ2) is 8.13. The first-order chi connectivity index (χ1) is 12.0. The molecule has 7 heteroatoms. The Labute approximate surface area is 149 Å². The van der Waals surface area contributed by atoms with Crippen LogP contribution in [0.3, 0.4) is 0 Å². The van der Waals surface area contributed by atoms with Gasteiger partial charge in [0.05, 0.1) is 12.2 Å². The fraction of sp³-hybridized carbons (Fsp3) is 0.167. The van der Waals surface area contributed by atoms with E-state index >= 15 is 0 Å². The zero-order chi connectivity index (χ0) is 18.4. The summed E-state index contributed by atoms with van der Waals surface area (Å²) >= 11 is 1.19. The first kappa shape index (κ1) is 18.2. The molecule has 0 radical (unpaired) electrons. The monoisotopic (exact) mass is 356 g/mol. The number of phenolic OH excluding ortho intramolecular Hbond substituents is 1. The van der Waals surface area contributed by atoms with Crippen LogP contribution in [0.4, 0.5) is 5.00 Å². The number of hydrogen-bond donors (Lipinski definition) is 2. The van der Waals surface area contributed by atoms with E-state index in [0.717, 1.165) is 0 Å². The van der Waals surface area contributed by atoms with Gasteiger partial charge in [0.25, 0.3) is 5.91 Å². The number of esters is 1. The number of carbonyl (C=O) groups is 2. The van der Waals surface area contributed by atoms with E-state index in [2.05, 4.69) is 5.32 Å². The fourth-order valence-electron chi connectivity index (χ4n) is 2.05. The molecule has 0 saturated heterocycles. The second-order valence-electron chi connectivity index (χ2n) is 5.06. The van der Waals surface area contributed by atoms with E-state index in [0.29, 0.717) is 21.7 Å². The maximum absolute atomic E-state index is 12.4. The molecule has 6 nitrogen and oxygen atoms in total. The maximum atomic E-state index is 12.4. The van der Waals surface area contributed by atoms with Crippen LogP contribution in [0.25, 0.3) is 6.08 Å². The van der Waals surface area contributed by atoms with Crippen molar-refractivity contribution in [2.45, 2.75) is 13.8 Å². The van der Waals surface area contributed by atoms with Gasteiger partial charge in [0, 0.05) is 0 Å². The smallest absolute Gasteiger partial charge is 0.341 e. The highest BCUT2D eigenvalue weighted by Gasteiger charge is 2.20. The van der Waals surface area contributed by atoms with E-state index in [-0.39, 0.29) is 17.9 Å². The Kier molecular flexibility index (Phi) is 5.93. The highest BCUT2D eigenvalue weighted by molar-refractivity contribution is 7.15. The molecule has 0 bridgehead atoms. The Morgan fingerprint density at radius 1 is 1.36 bits per heavy atom. The minimum absolute atomic E-state index is 0.0910. The number of thiophene rings is 1. The molecule has 0 atom stereocenters. The summed E-state index contributed by atoms with van der Waals surface area (Å²) in [7, 11) is 0. The van der Waals surface area contributed by atoms with Gasteiger partial charge in [-0.1, -0.05) is 12.1 Å². The summed E-state index contributed by atoms with van der Waals surface area (Å²) in [5.41, 5.74) is 1.46. The van der Waals surface area contributed by atoms with Gasteiger partial charge in [-0.25, -0.2) is 4.79 Å². The van der Waals surface area contributed by atoms with Gasteiger partial charge in [-0.3, -0.25) is 4.79 Å². The molecule has 0 unspecified atom stereocenters. The summed E-state index contributed by atoms with van der Waals surface area (Å²) in [6, 6.07) is 7.92. The maximum Gasteiger partial charge on any atom is 0.341 e. The van der Waals surface area contributed by atoms with Gasteiger partial charge in [0.2, 0.25) is 0 Å². The molecule has 1 amide bonds. The van der Waals surface area contributed by atoms with Crippen LogP contribution in [-0.4, -0.2) is 23.6 Å². The SMILES string of the molecule is CCOC(=O)c1c(C)csc1NC(=O)/C(C#N)=C\c1ccc(O)cc1. The predicted molar refractivity (Wildman–Crippen MR) is 95.3 cm³/mol. The zero-order valence-corrected chi connectivity index (χ0v) is 14.5. The zero-order valence-electron chi connectivity index (χ0n) is 13.7. The summed E-state index contributed by atoms with van der Waals surface area (Å²) in [5.74, 6) is -1.05. The lowest BCUT2D eigenvalue weighted by atomic mass is 10.1. The van der Waals surface area contributed by atoms with Crippen molar-refractivity contribution in [3.8, 4) is 11.8 Å². The lowest BCUT2D eigenvalue weighted by Crippen LogP contribution is -2.16. The average molecular weight is 356 g/mol. The van der Waals surface area contributed by atoms with Crippen LogP contribution in [0.15, 0.2) is 35.2 Å². The normalized spacial score (nSPS) is 10.8. The Balaban J connectivity index is 2.25. The standard InChI is InChI=1S/C18H16N2O4S/c1-3-24-18(23)15-11(2)10-25-17(15)20-16(22)13(9-19)8-12-4-6-14(21)7-5-12/h4-8,10,21H,3H2,1-2H3,(H,20,22)/b13-8-. The summed E-state index contributed by atoms with van der Waals surface area (Å²) in [6.45, 7) is 3.67. The molecule has 1 aromatic heterocycles. The third-order valence-corrected chi connectivity index (χ3v) is 4.26. The Hall–Kier alpha value is -3.11. The number of phenols is 1. The van der Waals surface area contributed by atoms with Gasteiger partial charge < -0.3 is 15.2 Å². The van der Waals surface area contributed by atoms with Crippen LogP contribution >= 0.6 is 11.3 Å². The molecule has 0 aliphatic heterocycles. The van der Waals surface area contributed by atoms with Gasteiger partial charge in [-0.05, 0) is 48.6 Å². The molecule has 2 N–H and O–H groups in total. The minimum atomic E-state index is -0.622. The molecule has 2 rings (SSSR count). The van der Waals surface area contributed by atoms with E-state index in [1.807, 2.05) is 6.07 Å². The lowest BCUT2D eigenvalue weighted by Gasteiger charge is -2.06. The van der Waals surface area contributed by atoms with Crippen LogP contribution in [0.2, 0.25) is 0 Å². The Morgan fingerprint density at radius 2 is 2.04 bits per heavy atom. The number of benzene rings is 1. The Bertz CT molecular complexity index is 860. The number of nitriles is 1. The van der Waals surface area contributed by atoms with Gasteiger partial charge in [-0.2, -0.15) is 5.26 Å². The number of hydrogen-bond acceptors (Lipinski definition) is 6. The van der Waals surface area contributed by atoms with E-state index in [9.17, 15) is 20.0 Å².